The van der Waals surface area contributed by atoms with E-state index in [1.807, 2.05) is 37.4 Å². The maximum atomic E-state index is 10.3. The fraction of sp³-hybridized carbons (Fsp3) is 0.483. The van der Waals surface area contributed by atoms with Gasteiger partial charge in [0.05, 0.1) is 72.7 Å². The maximum Gasteiger partial charge on any atom is 0.329 e. The molecule has 224 valence electrons. The second-order valence-corrected chi connectivity index (χ2v) is 8.75. The second kappa shape index (κ2) is 19.6. The largest absolute Gasteiger partial charge is 0.491 e. The molecule has 0 aliphatic rings. The summed E-state index contributed by atoms with van der Waals surface area (Å²) in [7, 11) is 0. The lowest BCUT2D eigenvalue weighted by Gasteiger charge is -2.12. The number of ether oxygens (including phenoxy) is 7. The Bertz CT molecular complexity index is 1170. The fourth-order valence-electron chi connectivity index (χ4n) is 3.51. The molecule has 0 aliphatic heterocycles. The minimum Gasteiger partial charge on any atom is -0.491 e. The van der Waals surface area contributed by atoms with Gasteiger partial charge in [-0.25, -0.2) is 9.78 Å². The van der Waals surface area contributed by atoms with E-state index in [1.165, 1.54) is 0 Å². The van der Waals surface area contributed by atoms with E-state index in [9.17, 15) is 4.79 Å². The van der Waals surface area contributed by atoms with Crippen LogP contribution in [-0.4, -0.2) is 107 Å². The number of aromatic nitrogens is 2. The molecular weight excluding hydrogens is 534 g/mol. The summed E-state index contributed by atoms with van der Waals surface area (Å²) in [5.74, 6) is 0.460. The van der Waals surface area contributed by atoms with Gasteiger partial charge >= 0.3 is 5.97 Å². The van der Waals surface area contributed by atoms with E-state index in [1.54, 1.807) is 12.4 Å². The highest BCUT2D eigenvalue weighted by molar-refractivity contribution is 5.85. The van der Waals surface area contributed by atoms with Crippen molar-refractivity contribution in [2.75, 3.05) is 91.2 Å². The SMILES string of the molecule is Cc1cnc(Nc2ccc3cnccc3c2)cc1OCCOCCOCCOCCOCCOCCOCC(=O)O. The average molecular weight is 574 g/mol. The van der Waals surface area contributed by atoms with Crippen LogP contribution in [0, 0.1) is 6.92 Å². The van der Waals surface area contributed by atoms with E-state index >= 15 is 0 Å². The Balaban J connectivity index is 1.14. The van der Waals surface area contributed by atoms with Crippen LogP contribution in [0.15, 0.2) is 48.9 Å². The first-order valence-electron chi connectivity index (χ1n) is 13.5. The van der Waals surface area contributed by atoms with Crippen molar-refractivity contribution in [1.29, 1.82) is 0 Å². The molecule has 0 spiro atoms. The van der Waals surface area contributed by atoms with E-state index in [2.05, 4.69) is 21.4 Å². The van der Waals surface area contributed by atoms with Crippen molar-refractivity contribution in [3.8, 4) is 5.75 Å². The lowest BCUT2D eigenvalue weighted by Crippen LogP contribution is -2.15. The molecule has 2 aromatic heterocycles. The zero-order chi connectivity index (χ0) is 29.0. The normalized spacial score (nSPS) is 11.1. The van der Waals surface area contributed by atoms with Crippen molar-refractivity contribution in [3.63, 3.8) is 0 Å². The number of aliphatic carboxylic acids is 1. The number of rotatable bonds is 23. The van der Waals surface area contributed by atoms with Crippen molar-refractivity contribution in [1.82, 2.24) is 9.97 Å². The molecule has 0 atom stereocenters. The van der Waals surface area contributed by atoms with Gasteiger partial charge in [-0.1, -0.05) is 6.07 Å². The standard InChI is InChI=1S/C29H39N3O9/c1-23-20-31-28(32-26-3-2-25-21-30-5-4-24(25)18-26)19-27(23)41-17-16-39-13-12-37-9-8-35-6-7-36-10-11-38-14-15-40-22-29(33)34/h2-5,18-21H,6-17,22H2,1H3,(H,31,32)(H,33,34). The summed E-state index contributed by atoms with van der Waals surface area (Å²) >= 11 is 0. The Morgan fingerprint density at radius 1 is 0.732 bits per heavy atom. The Morgan fingerprint density at radius 3 is 1.93 bits per heavy atom. The van der Waals surface area contributed by atoms with Gasteiger partial charge < -0.3 is 43.6 Å². The maximum absolute atomic E-state index is 10.3. The molecule has 0 fully saturated rings. The van der Waals surface area contributed by atoms with Crippen LogP contribution >= 0.6 is 0 Å². The predicted octanol–water partition coefficient (Wildman–Crippen LogP) is 3.24. The van der Waals surface area contributed by atoms with Gasteiger partial charge in [-0.05, 0) is 30.5 Å². The molecule has 41 heavy (non-hydrogen) atoms. The molecule has 0 aliphatic carbocycles. The van der Waals surface area contributed by atoms with Gasteiger partial charge in [-0.2, -0.15) is 0 Å². The molecule has 2 N–H and O–H groups in total. The fourth-order valence-corrected chi connectivity index (χ4v) is 3.51. The number of carbonyl (C=O) groups is 1. The summed E-state index contributed by atoms with van der Waals surface area (Å²) in [6, 6.07) is 9.94. The summed E-state index contributed by atoms with van der Waals surface area (Å²) in [6.45, 7) is 6.71. The smallest absolute Gasteiger partial charge is 0.329 e. The van der Waals surface area contributed by atoms with Crippen LogP contribution in [0.3, 0.4) is 0 Å². The lowest BCUT2D eigenvalue weighted by molar-refractivity contribution is -0.142. The van der Waals surface area contributed by atoms with Crippen molar-refractivity contribution < 1.29 is 43.1 Å². The number of aryl methyl sites for hydroxylation is 1. The van der Waals surface area contributed by atoms with E-state index in [4.69, 9.17) is 38.3 Å². The number of pyridine rings is 2. The Kier molecular flexibility index (Phi) is 15.4. The van der Waals surface area contributed by atoms with Gasteiger partial charge in [0.2, 0.25) is 0 Å². The van der Waals surface area contributed by atoms with Gasteiger partial charge in [0, 0.05) is 41.3 Å². The Hall–Kier alpha value is -3.39. The van der Waals surface area contributed by atoms with Crippen LogP contribution in [0.2, 0.25) is 0 Å². The molecule has 3 aromatic rings. The number of anilines is 2. The zero-order valence-corrected chi connectivity index (χ0v) is 23.4. The topological polar surface area (TPSA) is 140 Å². The van der Waals surface area contributed by atoms with Crippen LogP contribution in [-0.2, 0) is 33.2 Å². The van der Waals surface area contributed by atoms with Gasteiger partial charge in [0.15, 0.2) is 0 Å². The number of benzene rings is 1. The molecule has 12 nitrogen and oxygen atoms in total. The third kappa shape index (κ3) is 13.7. The Labute approximate surface area is 239 Å². The van der Waals surface area contributed by atoms with Crippen LogP contribution in [0.25, 0.3) is 10.8 Å². The number of nitrogens with one attached hydrogen (secondary N) is 1. The van der Waals surface area contributed by atoms with Crippen molar-refractivity contribution >= 4 is 28.2 Å². The number of fused-ring (bicyclic) bond motifs is 1. The molecule has 12 heteroatoms. The van der Waals surface area contributed by atoms with Gasteiger partial charge in [0.25, 0.3) is 0 Å². The first-order chi connectivity index (χ1) is 20.1. The van der Waals surface area contributed by atoms with Gasteiger partial charge in [-0.3, -0.25) is 4.98 Å². The third-order valence-corrected chi connectivity index (χ3v) is 5.54. The monoisotopic (exact) mass is 573 g/mol. The Morgan fingerprint density at radius 2 is 1.32 bits per heavy atom. The number of carboxylic acid groups (broad SMARTS) is 1. The van der Waals surface area contributed by atoms with Crippen molar-refractivity contribution in [3.05, 3.63) is 54.5 Å². The minimum atomic E-state index is -0.995. The number of hydrogen-bond donors (Lipinski definition) is 2. The molecule has 0 unspecified atom stereocenters. The lowest BCUT2D eigenvalue weighted by atomic mass is 10.1. The highest BCUT2D eigenvalue weighted by Gasteiger charge is 2.05. The summed E-state index contributed by atoms with van der Waals surface area (Å²) in [4.78, 5) is 18.9. The van der Waals surface area contributed by atoms with Crippen molar-refractivity contribution in [2.24, 2.45) is 0 Å². The average Bonchev–Trinajstić information content (AvgIpc) is 2.97. The number of carboxylic acids is 1. The summed E-state index contributed by atoms with van der Waals surface area (Å²) in [5, 5.41) is 13.9. The number of hydrogen-bond acceptors (Lipinski definition) is 11. The molecule has 1 aromatic carbocycles. The molecule has 0 bridgehead atoms. The summed E-state index contributed by atoms with van der Waals surface area (Å²) < 4.78 is 37.9. The minimum absolute atomic E-state index is 0.241. The van der Waals surface area contributed by atoms with E-state index in [0.29, 0.717) is 78.5 Å². The first kappa shape index (κ1) is 32.1. The highest BCUT2D eigenvalue weighted by Crippen LogP contribution is 2.25. The predicted molar refractivity (Wildman–Crippen MR) is 152 cm³/mol. The quantitative estimate of drug-likeness (QED) is 0.161. The van der Waals surface area contributed by atoms with Gasteiger partial charge in [0.1, 0.15) is 24.8 Å². The highest BCUT2D eigenvalue weighted by atomic mass is 16.6. The van der Waals surface area contributed by atoms with Crippen LogP contribution in [0.1, 0.15) is 5.56 Å². The molecule has 0 amide bonds. The van der Waals surface area contributed by atoms with Crippen LogP contribution < -0.4 is 10.1 Å². The van der Waals surface area contributed by atoms with E-state index < -0.39 is 5.97 Å². The summed E-state index contributed by atoms with van der Waals surface area (Å²) in [6.07, 6.45) is 5.40. The van der Waals surface area contributed by atoms with E-state index in [0.717, 1.165) is 27.8 Å². The summed E-state index contributed by atoms with van der Waals surface area (Å²) in [5.41, 5.74) is 1.89. The molecule has 0 saturated carbocycles. The zero-order valence-electron chi connectivity index (χ0n) is 23.4. The molecule has 0 saturated heterocycles. The molecular formula is C29H39N3O9. The van der Waals surface area contributed by atoms with Crippen LogP contribution in [0.5, 0.6) is 5.75 Å². The molecule has 3 rings (SSSR count). The number of nitrogens with zero attached hydrogens (tertiary/aromatic N) is 2. The first-order valence-corrected chi connectivity index (χ1v) is 13.5. The van der Waals surface area contributed by atoms with Crippen LogP contribution in [0.4, 0.5) is 11.5 Å². The molecule has 2 heterocycles. The molecule has 0 radical (unpaired) electrons. The second-order valence-electron chi connectivity index (χ2n) is 8.75. The third-order valence-electron chi connectivity index (χ3n) is 5.54. The van der Waals surface area contributed by atoms with Crippen molar-refractivity contribution in [2.45, 2.75) is 6.92 Å². The van der Waals surface area contributed by atoms with E-state index in [-0.39, 0.29) is 13.2 Å². The van der Waals surface area contributed by atoms with Gasteiger partial charge in [-0.15, -0.1) is 0 Å².